The SMILES string of the molecule is CSC(C)N1CCC(Cc2ccccn2)(NC(=O)C(C)N)CC1. The van der Waals surface area contributed by atoms with Crippen molar-refractivity contribution in [3.8, 4) is 0 Å². The Morgan fingerprint density at radius 1 is 1.43 bits per heavy atom. The van der Waals surface area contributed by atoms with Crippen LogP contribution >= 0.6 is 11.8 Å². The second-order valence-electron chi connectivity index (χ2n) is 6.43. The van der Waals surface area contributed by atoms with Gasteiger partial charge in [-0.15, -0.1) is 11.8 Å². The zero-order valence-electron chi connectivity index (χ0n) is 14.3. The van der Waals surface area contributed by atoms with Crippen molar-refractivity contribution in [2.45, 2.75) is 50.1 Å². The van der Waals surface area contributed by atoms with Crippen LogP contribution in [0.3, 0.4) is 0 Å². The maximum Gasteiger partial charge on any atom is 0.237 e. The van der Waals surface area contributed by atoms with Crippen LogP contribution in [-0.4, -0.2) is 52.1 Å². The van der Waals surface area contributed by atoms with Crippen molar-refractivity contribution >= 4 is 17.7 Å². The molecule has 0 aliphatic carbocycles. The Bertz CT molecular complexity index is 501. The quantitative estimate of drug-likeness (QED) is 0.826. The second-order valence-corrected chi connectivity index (χ2v) is 7.58. The van der Waals surface area contributed by atoms with Gasteiger partial charge in [-0.3, -0.25) is 14.7 Å². The van der Waals surface area contributed by atoms with Gasteiger partial charge in [-0.25, -0.2) is 0 Å². The van der Waals surface area contributed by atoms with Crippen LogP contribution in [0.15, 0.2) is 24.4 Å². The molecule has 1 saturated heterocycles. The topological polar surface area (TPSA) is 71.2 Å². The molecule has 2 rings (SSSR count). The van der Waals surface area contributed by atoms with Gasteiger partial charge in [0, 0.05) is 36.9 Å². The van der Waals surface area contributed by atoms with Gasteiger partial charge in [0.15, 0.2) is 0 Å². The lowest BCUT2D eigenvalue weighted by molar-refractivity contribution is -0.124. The van der Waals surface area contributed by atoms with Gasteiger partial charge in [-0.05, 0) is 45.1 Å². The van der Waals surface area contributed by atoms with Crippen LogP contribution in [0.1, 0.15) is 32.4 Å². The standard InChI is InChI=1S/C17H28N4OS/c1-13(18)16(22)20-17(12-15-6-4-5-9-19-15)7-10-21(11-8-17)14(2)23-3/h4-6,9,13-14H,7-8,10-12,18H2,1-3H3,(H,20,22). The highest BCUT2D eigenvalue weighted by molar-refractivity contribution is 7.99. The van der Waals surface area contributed by atoms with Gasteiger partial charge in [0.25, 0.3) is 0 Å². The number of rotatable bonds is 6. The molecule has 0 aromatic carbocycles. The smallest absolute Gasteiger partial charge is 0.237 e. The maximum absolute atomic E-state index is 12.2. The molecule has 0 saturated carbocycles. The van der Waals surface area contributed by atoms with Crippen LogP contribution in [0, 0.1) is 0 Å². The molecule has 1 aromatic rings. The lowest BCUT2D eigenvalue weighted by Crippen LogP contribution is -2.59. The van der Waals surface area contributed by atoms with Gasteiger partial charge in [0.2, 0.25) is 5.91 Å². The molecule has 2 unspecified atom stereocenters. The van der Waals surface area contributed by atoms with Crippen molar-refractivity contribution in [2.75, 3.05) is 19.3 Å². The van der Waals surface area contributed by atoms with Gasteiger partial charge in [-0.2, -0.15) is 0 Å². The Kier molecular flexibility index (Phi) is 6.44. The van der Waals surface area contributed by atoms with E-state index in [4.69, 9.17) is 5.73 Å². The molecule has 1 aliphatic rings. The molecule has 23 heavy (non-hydrogen) atoms. The van der Waals surface area contributed by atoms with Crippen molar-refractivity contribution < 1.29 is 4.79 Å². The highest BCUT2D eigenvalue weighted by Gasteiger charge is 2.37. The molecule has 0 bridgehead atoms. The number of hydrogen-bond donors (Lipinski definition) is 2. The first-order chi connectivity index (χ1) is 11.0. The van der Waals surface area contributed by atoms with Gasteiger partial charge in [-0.1, -0.05) is 6.07 Å². The monoisotopic (exact) mass is 336 g/mol. The molecular weight excluding hydrogens is 308 g/mol. The summed E-state index contributed by atoms with van der Waals surface area (Å²) in [6.45, 7) is 5.92. The predicted octanol–water partition coefficient (Wildman–Crippen LogP) is 1.63. The zero-order chi connectivity index (χ0) is 16.9. The highest BCUT2D eigenvalue weighted by Crippen LogP contribution is 2.29. The molecule has 0 spiro atoms. The molecule has 1 amide bonds. The normalized spacial score (nSPS) is 20.7. The fourth-order valence-electron chi connectivity index (χ4n) is 3.04. The average Bonchev–Trinajstić information content (AvgIpc) is 2.55. The van der Waals surface area contributed by atoms with Crippen LogP contribution in [-0.2, 0) is 11.2 Å². The molecule has 2 atom stereocenters. The minimum atomic E-state index is -0.487. The van der Waals surface area contributed by atoms with E-state index >= 15 is 0 Å². The van der Waals surface area contributed by atoms with E-state index in [2.05, 4.69) is 28.4 Å². The maximum atomic E-state index is 12.2. The molecule has 5 nitrogen and oxygen atoms in total. The largest absolute Gasteiger partial charge is 0.349 e. The summed E-state index contributed by atoms with van der Waals surface area (Å²) in [6, 6.07) is 5.45. The number of amides is 1. The number of thioether (sulfide) groups is 1. The third-order valence-electron chi connectivity index (χ3n) is 4.66. The predicted molar refractivity (Wildman–Crippen MR) is 96.2 cm³/mol. The summed E-state index contributed by atoms with van der Waals surface area (Å²) in [4.78, 5) is 19.1. The third kappa shape index (κ3) is 4.93. The zero-order valence-corrected chi connectivity index (χ0v) is 15.1. The van der Waals surface area contributed by atoms with Crippen LogP contribution in [0.4, 0.5) is 0 Å². The van der Waals surface area contributed by atoms with E-state index in [0.29, 0.717) is 5.37 Å². The van der Waals surface area contributed by atoms with Crippen molar-refractivity contribution in [1.82, 2.24) is 15.2 Å². The summed E-state index contributed by atoms with van der Waals surface area (Å²) in [6.07, 6.45) is 6.55. The van der Waals surface area contributed by atoms with Crippen molar-refractivity contribution in [3.05, 3.63) is 30.1 Å². The number of hydrogen-bond acceptors (Lipinski definition) is 5. The van der Waals surface area contributed by atoms with Crippen LogP contribution in [0.2, 0.25) is 0 Å². The molecule has 0 radical (unpaired) electrons. The number of carbonyl (C=O) groups excluding carboxylic acids is 1. The summed E-state index contributed by atoms with van der Waals surface area (Å²) >= 11 is 1.86. The number of aromatic nitrogens is 1. The van der Waals surface area contributed by atoms with Gasteiger partial charge >= 0.3 is 0 Å². The Labute approximate surface area is 143 Å². The van der Waals surface area contributed by atoms with Crippen molar-refractivity contribution in [3.63, 3.8) is 0 Å². The van der Waals surface area contributed by atoms with E-state index in [1.165, 1.54) is 0 Å². The summed E-state index contributed by atoms with van der Waals surface area (Å²) in [7, 11) is 0. The summed E-state index contributed by atoms with van der Waals surface area (Å²) in [5, 5.41) is 3.73. The highest BCUT2D eigenvalue weighted by atomic mass is 32.2. The number of nitrogens with one attached hydrogen (secondary N) is 1. The summed E-state index contributed by atoms with van der Waals surface area (Å²) in [5.74, 6) is -0.0766. The summed E-state index contributed by atoms with van der Waals surface area (Å²) in [5.41, 5.74) is 6.54. The lowest BCUT2D eigenvalue weighted by Gasteiger charge is -2.44. The van der Waals surface area contributed by atoms with Crippen LogP contribution < -0.4 is 11.1 Å². The van der Waals surface area contributed by atoms with Gasteiger partial charge in [0.1, 0.15) is 0 Å². The van der Waals surface area contributed by atoms with Crippen molar-refractivity contribution in [1.29, 1.82) is 0 Å². The molecule has 3 N–H and O–H groups in total. The number of nitrogens with zero attached hydrogens (tertiary/aromatic N) is 2. The number of pyridine rings is 1. The Hall–Kier alpha value is -1.11. The molecule has 2 heterocycles. The Morgan fingerprint density at radius 3 is 2.65 bits per heavy atom. The van der Waals surface area contributed by atoms with E-state index in [1.807, 2.05) is 30.0 Å². The Morgan fingerprint density at radius 2 is 2.13 bits per heavy atom. The van der Waals surface area contributed by atoms with E-state index < -0.39 is 6.04 Å². The summed E-state index contributed by atoms with van der Waals surface area (Å²) < 4.78 is 0. The minimum Gasteiger partial charge on any atom is -0.349 e. The van der Waals surface area contributed by atoms with Gasteiger partial charge < -0.3 is 11.1 Å². The van der Waals surface area contributed by atoms with E-state index in [0.717, 1.165) is 38.0 Å². The van der Waals surface area contributed by atoms with Crippen molar-refractivity contribution in [2.24, 2.45) is 5.73 Å². The molecule has 1 aliphatic heterocycles. The van der Waals surface area contributed by atoms with E-state index in [-0.39, 0.29) is 11.4 Å². The number of piperidine rings is 1. The number of nitrogens with two attached hydrogens (primary N) is 1. The average molecular weight is 337 g/mol. The molecule has 128 valence electrons. The molecule has 6 heteroatoms. The van der Waals surface area contributed by atoms with Crippen LogP contribution in [0.5, 0.6) is 0 Å². The van der Waals surface area contributed by atoms with E-state index in [1.54, 1.807) is 13.1 Å². The first kappa shape index (κ1) is 18.2. The molecule has 1 aromatic heterocycles. The molecular formula is C17H28N4OS. The number of carbonyl (C=O) groups is 1. The molecule has 1 fully saturated rings. The minimum absolute atomic E-state index is 0.0766. The lowest BCUT2D eigenvalue weighted by atomic mass is 9.82. The number of likely N-dealkylation sites (tertiary alicyclic amines) is 1. The third-order valence-corrected chi connectivity index (χ3v) is 5.64. The Balaban J connectivity index is 2.11. The fourth-order valence-corrected chi connectivity index (χ4v) is 3.54. The first-order valence-corrected chi connectivity index (χ1v) is 9.49. The van der Waals surface area contributed by atoms with Crippen LogP contribution in [0.25, 0.3) is 0 Å². The second kappa shape index (κ2) is 8.13. The van der Waals surface area contributed by atoms with E-state index in [9.17, 15) is 4.79 Å². The fraction of sp³-hybridized carbons (Fsp3) is 0.647. The van der Waals surface area contributed by atoms with Gasteiger partial charge in [0.05, 0.1) is 11.4 Å². The first-order valence-electron chi connectivity index (χ1n) is 8.20.